The third-order valence-electron chi connectivity index (χ3n) is 5.26. The smallest absolute Gasteiger partial charge is 0.335 e. The minimum absolute atomic E-state index is 0.0468. The van der Waals surface area contributed by atoms with E-state index in [9.17, 15) is 26.4 Å². The zero-order chi connectivity index (χ0) is 20.1. The number of amides is 1. The molecule has 1 aromatic heterocycles. The largest absolute Gasteiger partial charge is 0.425 e. The number of fused-ring (bicyclic) bond motifs is 2. The summed E-state index contributed by atoms with van der Waals surface area (Å²) in [5.41, 5.74) is 0. The lowest BCUT2D eigenvalue weighted by Gasteiger charge is -2.31. The SMILES string of the molecule is O=C(c1ccc(C(F)(F)F)s1)N1C[C@@H]2C[C@H]1C[C@@H]2NS(=O)(=O)c1ccccc1. The minimum Gasteiger partial charge on any atom is -0.335 e. The molecule has 0 radical (unpaired) electrons. The van der Waals surface area contributed by atoms with Crippen molar-refractivity contribution in [1.29, 1.82) is 0 Å². The van der Waals surface area contributed by atoms with Crippen molar-refractivity contribution < 1.29 is 26.4 Å². The summed E-state index contributed by atoms with van der Waals surface area (Å²) in [4.78, 5) is 13.6. The van der Waals surface area contributed by atoms with E-state index in [1.165, 1.54) is 18.2 Å². The highest BCUT2D eigenvalue weighted by Gasteiger charge is 2.48. The lowest BCUT2D eigenvalue weighted by Crippen LogP contribution is -2.47. The first-order valence-corrected chi connectivity index (χ1v) is 11.0. The van der Waals surface area contributed by atoms with E-state index in [1.807, 2.05) is 0 Å². The Bertz CT molecular complexity index is 989. The van der Waals surface area contributed by atoms with Gasteiger partial charge in [0.2, 0.25) is 10.0 Å². The summed E-state index contributed by atoms with van der Waals surface area (Å²) in [6.07, 6.45) is -3.36. The number of carbonyl (C=O) groups is 1. The number of hydrogen-bond acceptors (Lipinski definition) is 4. The van der Waals surface area contributed by atoms with Gasteiger partial charge in [-0.15, -0.1) is 11.3 Å². The Balaban J connectivity index is 1.43. The van der Waals surface area contributed by atoms with E-state index in [0.717, 1.165) is 6.07 Å². The van der Waals surface area contributed by atoms with Crippen LogP contribution >= 0.6 is 11.3 Å². The summed E-state index contributed by atoms with van der Waals surface area (Å²) < 4.78 is 66.0. The molecule has 1 saturated carbocycles. The number of benzene rings is 1. The second-order valence-corrected chi connectivity index (χ2v) is 9.84. The summed E-state index contributed by atoms with van der Waals surface area (Å²) >= 11 is 0.443. The Morgan fingerprint density at radius 3 is 2.39 bits per heavy atom. The number of halogens is 3. The van der Waals surface area contributed by atoms with E-state index in [2.05, 4.69) is 4.72 Å². The molecule has 2 bridgehead atoms. The van der Waals surface area contributed by atoms with Gasteiger partial charge in [-0.2, -0.15) is 13.2 Å². The van der Waals surface area contributed by atoms with Gasteiger partial charge >= 0.3 is 6.18 Å². The van der Waals surface area contributed by atoms with Gasteiger partial charge in [-0.1, -0.05) is 18.2 Å². The number of carbonyl (C=O) groups excluding carboxylic acids is 1. The maximum Gasteiger partial charge on any atom is 0.425 e. The van der Waals surface area contributed by atoms with Gasteiger partial charge in [-0.05, 0) is 43.0 Å². The lowest BCUT2D eigenvalue weighted by molar-refractivity contribution is -0.134. The highest BCUT2D eigenvalue weighted by Crippen LogP contribution is 2.41. The molecule has 1 saturated heterocycles. The molecule has 5 nitrogen and oxygen atoms in total. The summed E-state index contributed by atoms with van der Waals surface area (Å²) in [7, 11) is -3.65. The second-order valence-electron chi connectivity index (χ2n) is 7.05. The number of piperidine rings is 1. The monoisotopic (exact) mass is 430 g/mol. The molecule has 1 N–H and O–H groups in total. The number of alkyl halides is 3. The third kappa shape index (κ3) is 3.56. The van der Waals surface area contributed by atoms with E-state index < -0.39 is 27.0 Å². The van der Waals surface area contributed by atoms with Crippen LogP contribution in [0, 0.1) is 5.92 Å². The van der Waals surface area contributed by atoms with Crippen LogP contribution in [0.1, 0.15) is 27.4 Å². The van der Waals surface area contributed by atoms with Crippen LogP contribution in [-0.2, 0) is 16.2 Å². The first kappa shape index (κ1) is 19.4. The van der Waals surface area contributed by atoms with Crippen LogP contribution < -0.4 is 4.72 Å². The number of thiophene rings is 1. The van der Waals surface area contributed by atoms with Crippen molar-refractivity contribution in [2.75, 3.05) is 6.54 Å². The van der Waals surface area contributed by atoms with Gasteiger partial charge in [-0.25, -0.2) is 13.1 Å². The topological polar surface area (TPSA) is 66.5 Å². The summed E-state index contributed by atoms with van der Waals surface area (Å²) in [5, 5.41) is 0. The number of nitrogens with one attached hydrogen (secondary N) is 1. The van der Waals surface area contributed by atoms with Crippen molar-refractivity contribution in [3.8, 4) is 0 Å². The molecule has 150 valence electrons. The van der Waals surface area contributed by atoms with Crippen LogP contribution in [0.25, 0.3) is 0 Å². The molecule has 2 fully saturated rings. The molecule has 2 aliphatic rings. The molecule has 4 rings (SSSR count). The average Bonchev–Trinajstić information content (AvgIpc) is 3.36. The molecule has 0 spiro atoms. The summed E-state index contributed by atoms with van der Waals surface area (Å²) in [5.74, 6) is -0.466. The normalized spacial score (nSPS) is 24.7. The van der Waals surface area contributed by atoms with Crippen molar-refractivity contribution in [3.05, 3.63) is 52.2 Å². The van der Waals surface area contributed by atoms with Gasteiger partial charge in [0.25, 0.3) is 5.91 Å². The number of hydrogen-bond donors (Lipinski definition) is 1. The van der Waals surface area contributed by atoms with Gasteiger partial charge in [0.05, 0.1) is 9.77 Å². The Morgan fingerprint density at radius 2 is 1.82 bits per heavy atom. The molecule has 1 aromatic carbocycles. The molecular formula is C18H17F3N2O3S2. The zero-order valence-corrected chi connectivity index (χ0v) is 16.2. The van der Waals surface area contributed by atoms with E-state index in [1.54, 1.807) is 23.1 Å². The quantitative estimate of drug-likeness (QED) is 0.809. The van der Waals surface area contributed by atoms with Gasteiger partial charge in [0.15, 0.2) is 0 Å². The second kappa shape index (κ2) is 6.85. The van der Waals surface area contributed by atoms with Crippen molar-refractivity contribution >= 4 is 27.3 Å². The fraction of sp³-hybridized carbons (Fsp3) is 0.389. The molecule has 1 amide bonds. The summed E-state index contributed by atoms with van der Waals surface area (Å²) in [6.45, 7) is 0.338. The van der Waals surface area contributed by atoms with Gasteiger partial charge in [0, 0.05) is 18.6 Å². The van der Waals surface area contributed by atoms with Crippen molar-refractivity contribution in [1.82, 2.24) is 9.62 Å². The lowest BCUT2D eigenvalue weighted by atomic mass is 10.0. The standard InChI is InChI=1S/C18H17F3N2O3S2/c19-18(20,21)16-7-6-15(27-16)17(24)23-10-11-8-12(23)9-14(11)22-28(25,26)13-4-2-1-3-5-13/h1-7,11-12,14,22H,8-10H2/t11-,12-,14-/m0/s1. The number of likely N-dealkylation sites (tertiary alicyclic amines) is 1. The maximum absolute atomic E-state index is 12.8. The van der Waals surface area contributed by atoms with Crippen molar-refractivity contribution in [2.24, 2.45) is 5.92 Å². The van der Waals surface area contributed by atoms with Crippen LogP contribution in [0.15, 0.2) is 47.4 Å². The zero-order valence-electron chi connectivity index (χ0n) is 14.5. The highest BCUT2D eigenvalue weighted by atomic mass is 32.2. The van der Waals surface area contributed by atoms with Gasteiger partial charge in [-0.3, -0.25) is 4.79 Å². The van der Waals surface area contributed by atoms with E-state index in [-0.39, 0.29) is 27.8 Å². The highest BCUT2D eigenvalue weighted by molar-refractivity contribution is 7.89. The predicted molar refractivity (Wildman–Crippen MR) is 97.4 cm³/mol. The molecule has 0 unspecified atom stereocenters. The number of nitrogens with zero attached hydrogens (tertiary/aromatic N) is 1. The first-order valence-electron chi connectivity index (χ1n) is 8.70. The Labute approximate surface area is 164 Å². The van der Waals surface area contributed by atoms with Crippen LogP contribution in [0.4, 0.5) is 13.2 Å². The molecule has 1 aliphatic heterocycles. The van der Waals surface area contributed by atoms with Crippen LogP contribution in [0.5, 0.6) is 0 Å². The average molecular weight is 430 g/mol. The predicted octanol–water partition coefficient (Wildman–Crippen LogP) is 3.35. The van der Waals surface area contributed by atoms with Crippen LogP contribution in [0.2, 0.25) is 0 Å². The van der Waals surface area contributed by atoms with Crippen LogP contribution in [-0.4, -0.2) is 37.9 Å². The third-order valence-corrected chi connectivity index (χ3v) is 7.88. The molecule has 2 aromatic rings. The molecule has 10 heteroatoms. The minimum atomic E-state index is -4.46. The number of sulfonamides is 1. The van der Waals surface area contributed by atoms with E-state index in [4.69, 9.17) is 0 Å². The van der Waals surface area contributed by atoms with Crippen molar-refractivity contribution in [3.63, 3.8) is 0 Å². The van der Waals surface area contributed by atoms with Crippen molar-refractivity contribution in [2.45, 2.75) is 36.0 Å². The Morgan fingerprint density at radius 1 is 1.11 bits per heavy atom. The molecular weight excluding hydrogens is 413 g/mol. The molecule has 1 aliphatic carbocycles. The summed E-state index contributed by atoms with van der Waals surface area (Å²) in [6, 6.07) is 9.72. The fourth-order valence-corrected chi connectivity index (χ4v) is 6.13. The van der Waals surface area contributed by atoms with Crippen LogP contribution in [0.3, 0.4) is 0 Å². The maximum atomic E-state index is 12.8. The Kier molecular flexibility index (Phi) is 4.75. The molecule has 28 heavy (non-hydrogen) atoms. The molecule has 3 atom stereocenters. The molecule has 2 heterocycles. The van der Waals surface area contributed by atoms with Gasteiger partial charge in [0.1, 0.15) is 4.88 Å². The van der Waals surface area contributed by atoms with E-state index >= 15 is 0 Å². The first-order chi connectivity index (χ1) is 13.1. The van der Waals surface area contributed by atoms with Gasteiger partial charge < -0.3 is 4.90 Å². The van der Waals surface area contributed by atoms with E-state index in [0.29, 0.717) is 30.7 Å². The fourth-order valence-electron chi connectivity index (χ4n) is 3.96. The number of rotatable bonds is 4. The Hall–Kier alpha value is -1.91.